The van der Waals surface area contributed by atoms with Crippen molar-refractivity contribution in [3.63, 3.8) is 0 Å². The average molecular weight is 439 g/mol. The summed E-state index contributed by atoms with van der Waals surface area (Å²) in [6.07, 6.45) is 0.484. The van der Waals surface area contributed by atoms with Gasteiger partial charge in [-0.3, -0.25) is 9.52 Å². The van der Waals surface area contributed by atoms with Gasteiger partial charge in [0.2, 0.25) is 0 Å². The number of nitrogens with one attached hydrogen (secondary N) is 2. The fourth-order valence-corrected chi connectivity index (χ4v) is 4.23. The number of hydrogen-bond donors (Lipinski definition) is 3. The van der Waals surface area contributed by atoms with E-state index in [2.05, 4.69) is 10.0 Å². The summed E-state index contributed by atoms with van der Waals surface area (Å²) >= 11 is 6.09. The SMILES string of the molecule is Cn1cc(NS(=O)(=O)N2CC(O)C2)c(Cl)c1C(=O)Nc1cc(F)c(F)c(F)c1. The van der Waals surface area contributed by atoms with Gasteiger partial charge in [0.15, 0.2) is 17.5 Å². The molecule has 1 fully saturated rings. The lowest BCUT2D eigenvalue weighted by molar-refractivity contribution is 0.0552. The van der Waals surface area contributed by atoms with Crippen molar-refractivity contribution in [3.8, 4) is 0 Å². The standard InChI is InChI=1S/C15H14ClF3N4O4S/c1-22-6-11(21-28(26,27)23-4-8(24)5-23)12(16)14(22)15(25)20-7-2-9(17)13(19)10(18)3-7/h2-3,6,8,21,24H,4-5H2,1H3,(H,20,25). The Hall–Kier alpha value is -2.28. The van der Waals surface area contributed by atoms with E-state index in [9.17, 15) is 31.5 Å². The molecule has 0 bridgehead atoms. The minimum absolute atomic E-state index is 0.0746. The molecule has 1 saturated heterocycles. The lowest BCUT2D eigenvalue weighted by Crippen LogP contribution is -2.55. The van der Waals surface area contributed by atoms with E-state index in [0.717, 1.165) is 4.31 Å². The highest BCUT2D eigenvalue weighted by Crippen LogP contribution is 2.30. The molecule has 13 heteroatoms. The molecule has 0 aliphatic carbocycles. The number of aromatic nitrogens is 1. The van der Waals surface area contributed by atoms with Gasteiger partial charge in [-0.1, -0.05) is 11.6 Å². The van der Waals surface area contributed by atoms with E-state index in [1.807, 2.05) is 0 Å². The Morgan fingerprint density at radius 3 is 2.36 bits per heavy atom. The molecule has 152 valence electrons. The van der Waals surface area contributed by atoms with Crippen LogP contribution < -0.4 is 10.0 Å². The van der Waals surface area contributed by atoms with Gasteiger partial charge in [0.1, 0.15) is 5.69 Å². The first-order valence-corrected chi connectivity index (χ1v) is 9.58. The van der Waals surface area contributed by atoms with Crippen LogP contribution in [-0.2, 0) is 17.3 Å². The lowest BCUT2D eigenvalue weighted by Gasteiger charge is -2.34. The Kier molecular flexibility index (Phi) is 5.32. The molecule has 2 heterocycles. The largest absolute Gasteiger partial charge is 0.390 e. The van der Waals surface area contributed by atoms with Crippen molar-refractivity contribution < 1.29 is 31.5 Å². The number of halogens is 4. The molecule has 8 nitrogen and oxygen atoms in total. The number of aliphatic hydroxyl groups is 1. The second-order valence-electron chi connectivity index (χ2n) is 6.10. The smallest absolute Gasteiger partial charge is 0.301 e. The molecule has 3 rings (SSSR count). The third kappa shape index (κ3) is 3.81. The minimum Gasteiger partial charge on any atom is -0.390 e. The summed E-state index contributed by atoms with van der Waals surface area (Å²) in [7, 11) is -2.58. The zero-order valence-corrected chi connectivity index (χ0v) is 15.8. The lowest BCUT2D eigenvalue weighted by atomic mass is 10.2. The number of nitrogens with zero attached hydrogens (tertiary/aromatic N) is 2. The van der Waals surface area contributed by atoms with Crippen molar-refractivity contribution in [2.45, 2.75) is 6.10 Å². The van der Waals surface area contributed by atoms with Crippen LogP contribution in [0.1, 0.15) is 10.5 Å². The number of anilines is 2. The van der Waals surface area contributed by atoms with Crippen LogP contribution >= 0.6 is 11.6 Å². The summed E-state index contributed by atoms with van der Waals surface area (Å²) in [4.78, 5) is 12.4. The number of benzene rings is 1. The van der Waals surface area contributed by atoms with E-state index in [1.165, 1.54) is 17.8 Å². The molecule has 0 unspecified atom stereocenters. The molecule has 0 atom stereocenters. The summed E-state index contributed by atoms with van der Waals surface area (Å²) in [6, 6.07) is 1.18. The van der Waals surface area contributed by atoms with E-state index in [1.54, 1.807) is 0 Å². The van der Waals surface area contributed by atoms with Gasteiger partial charge in [-0.25, -0.2) is 13.2 Å². The van der Waals surface area contributed by atoms with Crippen LogP contribution in [-0.4, -0.2) is 47.5 Å². The van der Waals surface area contributed by atoms with Crippen LogP contribution in [0.5, 0.6) is 0 Å². The normalized spacial score (nSPS) is 15.4. The molecule has 1 aliphatic rings. The Morgan fingerprint density at radius 2 is 1.82 bits per heavy atom. The molecular weight excluding hydrogens is 425 g/mol. The number of hydrogen-bond acceptors (Lipinski definition) is 4. The highest BCUT2D eigenvalue weighted by Gasteiger charge is 2.35. The van der Waals surface area contributed by atoms with Crippen LogP contribution in [0.25, 0.3) is 0 Å². The minimum atomic E-state index is -3.98. The third-order valence-corrected chi connectivity index (χ3v) is 5.82. The highest BCUT2D eigenvalue weighted by atomic mass is 35.5. The van der Waals surface area contributed by atoms with Crippen LogP contribution in [0.2, 0.25) is 5.02 Å². The van der Waals surface area contributed by atoms with Gasteiger partial charge in [0.25, 0.3) is 5.91 Å². The molecule has 28 heavy (non-hydrogen) atoms. The van der Waals surface area contributed by atoms with Crippen LogP contribution in [0.15, 0.2) is 18.3 Å². The van der Waals surface area contributed by atoms with Crippen molar-refractivity contribution in [1.29, 1.82) is 0 Å². The first kappa shape index (κ1) is 20.5. The number of carbonyl (C=O) groups is 1. The van der Waals surface area contributed by atoms with Crippen LogP contribution in [0.3, 0.4) is 0 Å². The number of rotatable bonds is 5. The second kappa shape index (κ2) is 7.28. The monoisotopic (exact) mass is 438 g/mol. The summed E-state index contributed by atoms with van der Waals surface area (Å²) in [5.74, 6) is -5.55. The maximum absolute atomic E-state index is 13.3. The van der Waals surface area contributed by atoms with Crippen molar-refractivity contribution in [1.82, 2.24) is 8.87 Å². The maximum atomic E-state index is 13.3. The fourth-order valence-electron chi connectivity index (χ4n) is 2.56. The third-order valence-electron chi connectivity index (χ3n) is 3.98. The molecule has 0 saturated carbocycles. The van der Waals surface area contributed by atoms with Gasteiger partial charge >= 0.3 is 10.2 Å². The molecular formula is C15H14ClF3N4O4S. The average Bonchev–Trinajstić information content (AvgIpc) is 2.82. The molecule has 1 amide bonds. The number of carbonyl (C=O) groups excluding carboxylic acids is 1. The Morgan fingerprint density at radius 1 is 1.25 bits per heavy atom. The topological polar surface area (TPSA) is 104 Å². The summed E-state index contributed by atoms with van der Waals surface area (Å²) < 4.78 is 68.3. The number of aliphatic hydroxyl groups excluding tert-OH is 1. The van der Waals surface area contributed by atoms with Crippen molar-refractivity contribution >= 4 is 39.1 Å². The van der Waals surface area contributed by atoms with Crippen LogP contribution in [0.4, 0.5) is 24.5 Å². The van der Waals surface area contributed by atoms with E-state index in [-0.39, 0.29) is 35.2 Å². The molecule has 1 aliphatic heterocycles. The second-order valence-corrected chi connectivity index (χ2v) is 8.15. The number of amides is 1. The molecule has 0 spiro atoms. The van der Waals surface area contributed by atoms with E-state index < -0.39 is 39.7 Å². The zero-order chi connectivity index (χ0) is 20.8. The van der Waals surface area contributed by atoms with Crippen molar-refractivity contribution in [2.75, 3.05) is 23.1 Å². The van der Waals surface area contributed by atoms with E-state index in [0.29, 0.717) is 12.1 Å². The molecule has 1 aromatic heterocycles. The predicted octanol–water partition coefficient (Wildman–Crippen LogP) is 1.68. The number of aryl methyl sites for hydroxylation is 1. The quantitative estimate of drug-likeness (QED) is 0.618. The summed E-state index contributed by atoms with van der Waals surface area (Å²) in [6.45, 7) is -0.149. The van der Waals surface area contributed by atoms with E-state index in [4.69, 9.17) is 11.6 Å². The van der Waals surface area contributed by atoms with Crippen molar-refractivity contribution in [3.05, 3.63) is 46.5 Å². The summed E-state index contributed by atoms with van der Waals surface area (Å²) in [5.41, 5.74) is -0.657. The molecule has 2 aromatic rings. The van der Waals surface area contributed by atoms with Gasteiger partial charge in [0.05, 0.1) is 16.8 Å². The van der Waals surface area contributed by atoms with Gasteiger partial charge in [-0.15, -0.1) is 0 Å². The Labute approximate surface area is 162 Å². The van der Waals surface area contributed by atoms with Gasteiger partial charge in [-0.05, 0) is 0 Å². The van der Waals surface area contributed by atoms with E-state index >= 15 is 0 Å². The molecule has 3 N–H and O–H groups in total. The first-order valence-electron chi connectivity index (χ1n) is 7.76. The van der Waals surface area contributed by atoms with Crippen LogP contribution in [0, 0.1) is 17.5 Å². The summed E-state index contributed by atoms with van der Waals surface area (Å²) in [5, 5.41) is 11.1. The predicted molar refractivity (Wildman–Crippen MR) is 94.8 cm³/mol. The first-order chi connectivity index (χ1) is 13.0. The fraction of sp³-hybridized carbons (Fsp3) is 0.267. The van der Waals surface area contributed by atoms with Crippen molar-refractivity contribution in [2.24, 2.45) is 7.05 Å². The van der Waals surface area contributed by atoms with Gasteiger partial charge in [-0.2, -0.15) is 12.7 Å². The van der Waals surface area contributed by atoms with Gasteiger partial charge in [0, 0.05) is 44.2 Å². The Bertz CT molecular complexity index is 1030. The van der Waals surface area contributed by atoms with Gasteiger partial charge < -0.3 is 15.0 Å². The highest BCUT2D eigenvalue weighted by molar-refractivity contribution is 7.90. The Balaban J connectivity index is 1.82. The molecule has 0 radical (unpaired) electrons. The maximum Gasteiger partial charge on any atom is 0.301 e. The zero-order valence-electron chi connectivity index (χ0n) is 14.2. The number of β-amino-alcohol motifs (C(OH)–C–C–N with tert-alkyl or cyclic N) is 1. The molecule has 1 aromatic carbocycles.